The number of hydrogen-bond acceptors (Lipinski definition) is 3. The standard InChI is InChI=1S/C18H8Cl5NO3/c19-8-1-2-10(11(20)3-8)16-4-9(25)5-17(27-16)18(26)24-15-7-13(22)12(21)6-14(15)23/h1-7H,(H,24,26). The molecular formula is C18H8Cl5NO3. The van der Waals surface area contributed by atoms with Crippen LogP contribution in [0.1, 0.15) is 10.6 Å². The quantitative estimate of drug-likeness (QED) is 0.433. The van der Waals surface area contributed by atoms with Crippen molar-refractivity contribution < 1.29 is 9.21 Å². The smallest absolute Gasteiger partial charge is 0.291 e. The first-order valence-electron chi connectivity index (χ1n) is 7.31. The summed E-state index contributed by atoms with van der Waals surface area (Å²) in [5, 5.41) is 3.85. The average molecular weight is 464 g/mol. The van der Waals surface area contributed by atoms with Crippen LogP contribution < -0.4 is 10.7 Å². The van der Waals surface area contributed by atoms with E-state index in [2.05, 4.69) is 5.32 Å². The molecule has 0 atom stereocenters. The van der Waals surface area contributed by atoms with Crippen LogP contribution in [0.5, 0.6) is 0 Å². The van der Waals surface area contributed by atoms with Gasteiger partial charge < -0.3 is 9.73 Å². The third kappa shape index (κ3) is 4.60. The molecular weight excluding hydrogens is 455 g/mol. The van der Waals surface area contributed by atoms with Crippen molar-refractivity contribution in [2.75, 3.05) is 5.32 Å². The molecule has 3 rings (SSSR count). The molecule has 0 unspecified atom stereocenters. The molecule has 0 saturated carbocycles. The molecule has 138 valence electrons. The van der Waals surface area contributed by atoms with E-state index in [0.29, 0.717) is 10.6 Å². The summed E-state index contributed by atoms with van der Waals surface area (Å²) < 4.78 is 5.55. The van der Waals surface area contributed by atoms with E-state index in [9.17, 15) is 9.59 Å². The molecule has 0 spiro atoms. The molecule has 27 heavy (non-hydrogen) atoms. The molecule has 3 aromatic rings. The first-order valence-corrected chi connectivity index (χ1v) is 9.20. The largest absolute Gasteiger partial charge is 0.451 e. The maximum Gasteiger partial charge on any atom is 0.291 e. The number of carbonyl (C=O) groups is 1. The SMILES string of the molecule is O=C(Nc1cc(Cl)c(Cl)cc1Cl)c1cc(=O)cc(-c2ccc(Cl)cc2Cl)o1. The highest BCUT2D eigenvalue weighted by molar-refractivity contribution is 6.44. The molecule has 1 amide bonds. The Kier molecular flexibility index (Phi) is 6.04. The lowest BCUT2D eigenvalue weighted by molar-refractivity contribution is 0.0995. The zero-order valence-electron chi connectivity index (χ0n) is 13.2. The topological polar surface area (TPSA) is 59.3 Å². The second-order valence-corrected chi connectivity index (χ2v) is 7.41. The highest BCUT2D eigenvalue weighted by atomic mass is 35.5. The number of hydrogen-bond donors (Lipinski definition) is 1. The third-order valence-corrected chi connectivity index (χ3v) is 5.03. The Morgan fingerprint density at radius 1 is 0.815 bits per heavy atom. The van der Waals surface area contributed by atoms with Gasteiger partial charge in [0.05, 0.1) is 25.8 Å². The Hall–Kier alpha value is -1.69. The summed E-state index contributed by atoms with van der Waals surface area (Å²) >= 11 is 29.9. The third-order valence-electron chi connectivity index (χ3n) is 3.45. The maximum absolute atomic E-state index is 12.5. The van der Waals surface area contributed by atoms with E-state index in [-0.39, 0.29) is 37.3 Å². The van der Waals surface area contributed by atoms with E-state index < -0.39 is 11.3 Å². The first kappa shape index (κ1) is 20.1. The normalized spacial score (nSPS) is 10.7. The fourth-order valence-electron chi connectivity index (χ4n) is 2.21. The van der Waals surface area contributed by atoms with Gasteiger partial charge in [0.1, 0.15) is 5.76 Å². The molecule has 0 aliphatic carbocycles. The number of nitrogens with one attached hydrogen (secondary N) is 1. The number of carbonyl (C=O) groups excluding carboxylic acids is 1. The van der Waals surface area contributed by atoms with Crippen molar-refractivity contribution in [1.82, 2.24) is 0 Å². The highest BCUT2D eigenvalue weighted by Crippen LogP contribution is 2.33. The van der Waals surface area contributed by atoms with Crippen LogP contribution >= 0.6 is 58.0 Å². The van der Waals surface area contributed by atoms with E-state index in [1.165, 1.54) is 24.3 Å². The van der Waals surface area contributed by atoms with Gasteiger partial charge in [-0.25, -0.2) is 0 Å². The minimum atomic E-state index is -0.695. The molecule has 0 fully saturated rings. The summed E-state index contributed by atoms with van der Waals surface area (Å²) in [6, 6.07) is 9.72. The van der Waals surface area contributed by atoms with Crippen molar-refractivity contribution in [3.8, 4) is 11.3 Å². The summed E-state index contributed by atoms with van der Waals surface area (Å²) in [5.41, 5.74) is 0.196. The first-order chi connectivity index (χ1) is 12.7. The Balaban J connectivity index is 1.98. The number of anilines is 1. The van der Waals surface area contributed by atoms with E-state index in [4.69, 9.17) is 62.4 Å². The predicted molar refractivity (Wildman–Crippen MR) is 110 cm³/mol. The summed E-state index contributed by atoms with van der Waals surface area (Å²) in [4.78, 5) is 24.5. The van der Waals surface area contributed by atoms with Gasteiger partial charge in [0.15, 0.2) is 11.2 Å². The highest BCUT2D eigenvalue weighted by Gasteiger charge is 2.16. The summed E-state index contributed by atoms with van der Waals surface area (Å²) in [6.07, 6.45) is 0. The van der Waals surface area contributed by atoms with Crippen molar-refractivity contribution in [2.45, 2.75) is 0 Å². The molecule has 0 bridgehead atoms. The van der Waals surface area contributed by atoms with Gasteiger partial charge in [0, 0.05) is 22.7 Å². The number of benzene rings is 2. The van der Waals surface area contributed by atoms with Crippen LogP contribution in [0.2, 0.25) is 25.1 Å². The van der Waals surface area contributed by atoms with Gasteiger partial charge in [0.2, 0.25) is 0 Å². The lowest BCUT2D eigenvalue weighted by Crippen LogP contribution is -2.15. The van der Waals surface area contributed by atoms with E-state index in [0.717, 1.165) is 6.07 Å². The summed E-state index contributed by atoms with van der Waals surface area (Å²) in [5.74, 6) is -0.806. The molecule has 1 heterocycles. The Bertz CT molecular complexity index is 1110. The lowest BCUT2D eigenvalue weighted by Gasteiger charge is -2.10. The zero-order chi connectivity index (χ0) is 19.7. The van der Waals surface area contributed by atoms with Gasteiger partial charge in [-0.2, -0.15) is 0 Å². The molecule has 0 radical (unpaired) electrons. The second kappa shape index (κ2) is 8.13. The molecule has 9 heteroatoms. The van der Waals surface area contributed by atoms with Crippen LogP contribution in [-0.2, 0) is 0 Å². The molecule has 1 aromatic heterocycles. The number of rotatable bonds is 3. The minimum absolute atomic E-state index is 0.120. The number of amides is 1. The Morgan fingerprint density at radius 3 is 2.22 bits per heavy atom. The van der Waals surface area contributed by atoms with Crippen molar-refractivity contribution in [3.63, 3.8) is 0 Å². The molecule has 4 nitrogen and oxygen atoms in total. The fraction of sp³-hybridized carbons (Fsp3) is 0. The van der Waals surface area contributed by atoms with Crippen LogP contribution in [0.4, 0.5) is 5.69 Å². The van der Waals surface area contributed by atoms with Crippen LogP contribution in [0, 0.1) is 0 Å². The number of halogens is 5. The molecule has 0 aliphatic heterocycles. The summed E-state index contributed by atoms with van der Waals surface area (Å²) in [7, 11) is 0. The van der Waals surface area contributed by atoms with Gasteiger partial charge >= 0.3 is 0 Å². The van der Waals surface area contributed by atoms with Crippen LogP contribution in [0.25, 0.3) is 11.3 Å². The second-order valence-electron chi connectivity index (χ2n) is 5.35. The van der Waals surface area contributed by atoms with E-state index >= 15 is 0 Å². The molecule has 0 aliphatic rings. The van der Waals surface area contributed by atoms with Gasteiger partial charge in [-0.1, -0.05) is 58.0 Å². The zero-order valence-corrected chi connectivity index (χ0v) is 16.9. The molecule has 2 aromatic carbocycles. The van der Waals surface area contributed by atoms with Crippen LogP contribution in [0.3, 0.4) is 0 Å². The maximum atomic E-state index is 12.5. The van der Waals surface area contributed by atoms with Crippen LogP contribution in [0.15, 0.2) is 51.7 Å². The fourth-order valence-corrected chi connectivity index (χ4v) is 3.31. The molecule has 1 N–H and O–H groups in total. The van der Waals surface area contributed by atoms with Crippen molar-refractivity contribution in [1.29, 1.82) is 0 Å². The predicted octanol–water partition coefficient (Wildman–Crippen LogP) is 6.83. The lowest BCUT2D eigenvalue weighted by atomic mass is 10.1. The van der Waals surface area contributed by atoms with Crippen molar-refractivity contribution in [2.24, 2.45) is 0 Å². The molecule has 0 saturated heterocycles. The van der Waals surface area contributed by atoms with Gasteiger partial charge in [0.25, 0.3) is 5.91 Å². The van der Waals surface area contributed by atoms with Crippen molar-refractivity contribution >= 4 is 69.6 Å². The Labute approximate surface area is 178 Å². The van der Waals surface area contributed by atoms with E-state index in [1.807, 2.05) is 0 Å². The van der Waals surface area contributed by atoms with E-state index in [1.54, 1.807) is 12.1 Å². The van der Waals surface area contributed by atoms with Gasteiger partial charge in [-0.3, -0.25) is 9.59 Å². The Morgan fingerprint density at radius 2 is 1.52 bits per heavy atom. The average Bonchev–Trinajstić information content (AvgIpc) is 2.59. The van der Waals surface area contributed by atoms with Crippen LogP contribution in [-0.4, -0.2) is 5.91 Å². The van der Waals surface area contributed by atoms with Gasteiger partial charge in [-0.05, 0) is 30.3 Å². The minimum Gasteiger partial charge on any atom is -0.451 e. The monoisotopic (exact) mass is 461 g/mol. The summed E-state index contributed by atoms with van der Waals surface area (Å²) in [6.45, 7) is 0. The van der Waals surface area contributed by atoms with Gasteiger partial charge in [-0.15, -0.1) is 0 Å². The van der Waals surface area contributed by atoms with Crippen molar-refractivity contribution in [3.05, 3.63) is 83.6 Å².